The van der Waals surface area contributed by atoms with Crippen molar-refractivity contribution in [2.24, 2.45) is 0 Å². The van der Waals surface area contributed by atoms with Crippen molar-refractivity contribution in [3.63, 3.8) is 0 Å². The van der Waals surface area contributed by atoms with Gasteiger partial charge in [-0.05, 0) is 35.4 Å². The van der Waals surface area contributed by atoms with Gasteiger partial charge < -0.3 is 5.11 Å². The lowest BCUT2D eigenvalue weighted by molar-refractivity contribution is -0.141. The summed E-state index contributed by atoms with van der Waals surface area (Å²) in [5.74, 6) is -1.41. The lowest BCUT2D eigenvalue weighted by atomic mass is 10.0. The van der Waals surface area contributed by atoms with Gasteiger partial charge in [0.05, 0.1) is 11.1 Å². The number of hydrogen-bond acceptors (Lipinski definition) is 2. The maximum Gasteiger partial charge on any atom is 0.416 e. The molecule has 0 saturated carbocycles. The molecule has 0 bridgehead atoms. The highest BCUT2D eigenvalue weighted by molar-refractivity contribution is 5.75. The average Bonchev–Trinajstić information content (AvgIpc) is 2.54. The van der Waals surface area contributed by atoms with Crippen LogP contribution in [0, 0.1) is 0 Å². The van der Waals surface area contributed by atoms with Crippen LogP contribution in [0.2, 0.25) is 0 Å². The first-order valence-corrected chi connectivity index (χ1v) is 7.28. The molecule has 2 aromatic rings. The van der Waals surface area contributed by atoms with Crippen molar-refractivity contribution in [1.29, 1.82) is 0 Å². The topological polar surface area (TPSA) is 49.3 Å². The molecule has 2 rings (SSSR count). The Labute approximate surface area is 144 Å². The summed E-state index contributed by atoms with van der Waals surface area (Å²) in [6.45, 7) is -0.134. The monoisotopic (exact) mass is 377 g/mol. The molecule has 0 aliphatic heterocycles. The lowest BCUT2D eigenvalue weighted by Crippen LogP contribution is -2.28. The van der Waals surface area contributed by atoms with E-state index >= 15 is 0 Å². The first-order valence-electron chi connectivity index (χ1n) is 7.28. The molecule has 140 valence electrons. The minimum Gasteiger partial charge on any atom is -0.480 e. The van der Waals surface area contributed by atoms with Gasteiger partial charge in [-0.3, -0.25) is 10.1 Å². The molecular weight excluding hydrogens is 364 g/mol. The molecule has 1 atom stereocenters. The van der Waals surface area contributed by atoms with Crippen molar-refractivity contribution in [3.8, 4) is 0 Å². The van der Waals surface area contributed by atoms with E-state index in [-0.39, 0.29) is 12.1 Å². The summed E-state index contributed by atoms with van der Waals surface area (Å²) in [6.07, 6.45) is -9.11. The number of nitrogens with one attached hydrogen (secondary N) is 1. The minimum absolute atomic E-state index is 0.112. The Hall–Kier alpha value is -2.55. The first-order chi connectivity index (χ1) is 12.0. The summed E-state index contributed by atoms with van der Waals surface area (Å²) in [5.41, 5.74) is -1.60. The van der Waals surface area contributed by atoms with Gasteiger partial charge in [-0.15, -0.1) is 0 Å². The van der Waals surface area contributed by atoms with Crippen molar-refractivity contribution >= 4 is 5.97 Å². The van der Waals surface area contributed by atoms with E-state index in [9.17, 15) is 36.2 Å². The lowest BCUT2D eigenvalue weighted by Gasteiger charge is -2.17. The Morgan fingerprint density at radius 1 is 0.923 bits per heavy atom. The Morgan fingerprint density at radius 3 is 2.00 bits per heavy atom. The standard InChI is InChI=1S/C17H13F6NO2/c18-16(19,20)12-6-4-10(5-7-12)9-24-14(15(25)26)11-2-1-3-13(8-11)17(21,22)23/h1-8,14,24H,9H2,(H,25,26). The second-order valence-electron chi connectivity index (χ2n) is 5.47. The smallest absolute Gasteiger partial charge is 0.416 e. The molecule has 0 aliphatic rings. The Bertz CT molecular complexity index is 768. The largest absolute Gasteiger partial charge is 0.480 e. The van der Waals surface area contributed by atoms with Crippen molar-refractivity contribution in [2.45, 2.75) is 24.9 Å². The van der Waals surface area contributed by atoms with Gasteiger partial charge in [-0.25, -0.2) is 0 Å². The summed E-state index contributed by atoms with van der Waals surface area (Å²) < 4.78 is 75.8. The van der Waals surface area contributed by atoms with Gasteiger partial charge in [0.25, 0.3) is 0 Å². The number of rotatable bonds is 5. The summed E-state index contributed by atoms with van der Waals surface area (Å²) in [7, 11) is 0. The van der Waals surface area contributed by atoms with E-state index in [4.69, 9.17) is 0 Å². The highest BCUT2D eigenvalue weighted by atomic mass is 19.4. The first kappa shape index (κ1) is 19.8. The van der Waals surface area contributed by atoms with E-state index < -0.39 is 35.5 Å². The van der Waals surface area contributed by atoms with Crippen molar-refractivity contribution in [2.75, 3.05) is 0 Å². The number of halogens is 6. The highest BCUT2D eigenvalue weighted by Gasteiger charge is 2.32. The van der Waals surface area contributed by atoms with Gasteiger partial charge in [-0.1, -0.05) is 24.3 Å². The molecule has 0 aromatic heterocycles. The van der Waals surface area contributed by atoms with Crippen LogP contribution in [-0.2, 0) is 23.7 Å². The fourth-order valence-corrected chi connectivity index (χ4v) is 2.27. The quantitative estimate of drug-likeness (QED) is 0.747. The van der Waals surface area contributed by atoms with Gasteiger partial charge in [-0.2, -0.15) is 26.3 Å². The predicted octanol–water partition coefficient (Wildman–Crippen LogP) is 4.64. The third-order valence-corrected chi connectivity index (χ3v) is 3.59. The molecule has 26 heavy (non-hydrogen) atoms. The van der Waals surface area contributed by atoms with Crippen LogP contribution in [-0.4, -0.2) is 11.1 Å². The number of benzene rings is 2. The number of hydrogen-bond donors (Lipinski definition) is 2. The number of carbonyl (C=O) groups is 1. The zero-order chi connectivity index (χ0) is 19.5. The van der Waals surface area contributed by atoms with Gasteiger partial charge in [0.15, 0.2) is 0 Å². The summed E-state index contributed by atoms with van der Waals surface area (Å²) >= 11 is 0. The Morgan fingerprint density at radius 2 is 1.50 bits per heavy atom. The van der Waals surface area contributed by atoms with Gasteiger partial charge in [0, 0.05) is 6.54 Å². The van der Waals surface area contributed by atoms with E-state index in [1.54, 1.807) is 0 Å². The van der Waals surface area contributed by atoms with Gasteiger partial charge in [0.2, 0.25) is 0 Å². The van der Waals surface area contributed by atoms with Crippen LogP contribution in [0.1, 0.15) is 28.3 Å². The van der Waals surface area contributed by atoms with E-state index in [1.807, 2.05) is 0 Å². The second kappa shape index (κ2) is 7.36. The van der Waals surface area contributed by atoms with Crippen molar-refractivity contribution in [3.05, 3.63) is 70.8 Å². The molecule has 2 N–H and O–H groups in total. The number of alkyl halides is 6. The Kier molecular flexibility index (Phi) is 5.60. The molecule has 0 amide bonds. The summed E-state index contributed by atoms with van der Waals surface area (Å²) in [5, 5.41) is 11.8. The van der Waals surface area contributed by atoms with Crippen molar-refractivity contribution < 1.29 is 36.2 Å². The van der Waals surface area contributed by atoms with Crippen molar-refractivity contribution in [1.82, 2.24) is 5.32 Å². The Balaban J connectivity index is 2.16. The molecule has 0 saturated heterocycles. The normalized spacial score (nSPS) is 13.5. The minimum atomic E-state index is -4.62. The summed E-state index contributed by atoms with van der Waals surface area (Å²) in [6, 6.07) is 6.44. The highest BCUT2D eigenvalue weighted by Crippen LogP contribution is 2.31. The molecule has 0 fully saturated rings. The second-order valence-corrected chi connectivity index (χ2v) is 5.47. The van der Waals surface area contributed by atoms with E-state index in [1.165, 1.54) is 18.2 Å². The molecule has 1 unspecified atom stereocenters. The molecule has 0 heterocycles. The number of carboxylic acid groups (broad SMARTS) is 1. The predicted molar refractivity (Wildman–Crippen MR) is 80.1 cm³/mol. The van der Waals surface area contributed by atoms with Crippen LogP contribution in [0.25, 0.3) is 0 Å². The van der Waals surface area contributed by atoms with Crippen LogP contribution in [0.3, 0.4) is 0 Å². The molecule has 0 spiro atoms. The van der Waals surface area contributed by atoms with Crippen LogP contribution < -0.4 is 5.32 Å². The molecule has 0 radical (unpaired) electrons. The zero-order valence-corrected chi connectivity index (χ0v) is 13.0. The number of aliphatic carboxylic acids is 1. The third-order valence-electron chi connectivity index (χ3n) is 3.59. The van der Waals surface area contributed by atoms with Crippen LogP contribution >= 0.6 is 0 Å². The fraction of sp³-hybridized carbons (Fsp3) is 0.235. The van der Waals surface area contributed by atoms with Crippen LogP contribution in [0.4, 0.5) is 26.3 Å². The maximum absolute atomic E-state index is 12.8. The number of carboxylic acids is 1. The molecule has 9 heteroatoms. The van der Waals surface area contributed by atoms with E-state index in [2.05, 4.69) is 5.32 Å². The van der Waals surface area contributed by atoms with E-state index in [0.717, 1.165) is 30.3 Å². The van der Waals surface area contributed by atoms with Gasteiger partial charge in [0.1, 0.15) is 6.04 Å². The van der Waals surface area contributed by atoms with Crippen LogP contribution in [0.15, 0.2) is 48.5 Å². The third kappa shape index (κ3) is 4.98. The summed E-state index contributed by atoms with van der Waals surface area (Å²) in [4.78, 5) is 11.4. The molecule has 3 nitrogen and oxygen atoms in total. The SMILES string of the molecule is O=C(O)C(NCc1ccc(C(F)(F)F)cc1)c1cccc(C(F)(F)F)c1. The van der Waals surface area contributed by atoms with E-state index in [0.29, 0.717) is 5.56 Å². The fourth-order valence-electron chi connectivity index (χ4n) is 2.27. The van der Waals surface area contributed by atoms with Crippen LogP contribution in [0.5, 0.6) is 0 Å². The van der Waals surface area contributed by atoms with Gasteiger partial charge >= 0.3 is 18.3 Å². The maximum atomic E-state index is 12.8. The molecular formula is C17H13F6NO2. The molecule has 2 aromatic carbocycles. The average molecular weight is 377 g/mol. The molecule has 0 aliphatic carbocycles. The zero-order valence-electron chi connectivity index (χ0n) is 13.0.